The molecule has 0 bridgehead atoms. The summed E-state index contributed by atoms with van der Waals surface area (Å²) in [5, 5.41) is 1.98. The van der Waals surface area contributed by atoms with Crippen LogP contribution in [0.1, 0.15) is 29.5 Å². The molecule has 4 heteroatoms. The van der Waals surface area contributed by atoms with Gasteiger partial charge in [0, 0.05) is 21.5 Å². The molecule has 1 heterocycles. The van der Waals surface area contributed by atoms with E-state index in [-0.39, 0.29) is 0 Å². The number of hydrogen-bond donors (Lipinski definition) is 2. The van der Waals surface area contributed by atoms with Gasteiger partial charge in [-0.3, -0.25) is 0 Å². The number of nitrogens with two attached hydrogens (primary N) is 1. The number of ether oxygens (including phenoxy) is 1. The Morgan fingerprint density at radius 3 is 2.64 bits per heavy atom. The number of nitrogens with one attached hydrogen (secondary N) is 1. The molecular formula is C21H25ClN2O. The summed E-state index contributed by atoms with van der Waals surface area (Å²) < 4.78 is 5.59. The van der Waals surface area contributed by atoms with E-state index in [1.165, 1.54) is 27.6 Å². The van der Waals surface area contributed by atoms with E-state index in [9.17, 15) is 0 Å². The monoisotopic (exact) mass is 356 g/mol. The number of unbranched alkanes of at least 4 members (excludes halogenated alkanes) is 1. The molecule has 25 heavy (non-hydrogen) atoms. The molecule has 0 spiro atoms. The van der Waals surface area contributed by atoms with Gasteiger partial charge in [0.25, 0.3) is 0 Å². The topological polar surface area (TPSA) is 51.0 Å². The van der Waals surface area contributed by atoms with Crippen molar-refractivity contribution in [3.8, 4) is 17.0 Å². The Balaban J connectivity index is 2.24. The number of H-pyrrole nitrogens is 1. The maximum Gasteiger partial charge on any atom is 0.128 e. The Labute approximate surface area is 154 Å². The first-order valence-corrected chi connectivity index (χ1v) is 9.09. The van der Waals surface area contributed by atoms with Crippen LogP contribution < -0.4 is 10.5 Å². The van der Waals surface area contributed by atoms with Crippen LogP contribution in [0.15, 0.2) is 30.3 Å². The van der Waals surface area contributed by atoms with Crippen molar-refractivity contribution in [1.29, 1.82) is 0 Å². The highest BCUT2D eigenvalue weighted by Crippen LogP contribution is 2.39. The summed E-state index contributed by atoms with van der Waals surface area (Å²) in [5.41, 5.74) is 12.9. The van der Waals surface area contributed by atoms with Gasteiger partial charge < -0.3 is 15.5 Å². The molecule has 0 fully saturated rings. The standard InChI is InChI=1S/C21H25ClN2O/c1-13-7-9-17-16(6-4-5-11-23)21(24-20(17)14(13)2)18-12-15(22)8-10-19(18)25-3/h7-10,12,24H,4-6,11,23H2,1-3H3. The summed E-state index contributed by atoms with van der Waals surface area (Å²) in [6, 6.07) is 10.2. The van der Waals surface area contributed by atoms with Crippen LogP contribution in [0, 0.1) is 13.8 Å². The Kier molecular flexibility index (Phi) is 5.36. The molecule has 132 valence electrons. The number of aromatic nitrogens is 1. The zero-order valence-corrected chi connectivity index (χ0v) is 15.8. The maximum atomic E-state index is 6.27. The summed E-state index contributed by atoms with van der Waals surface area (Å²) in [5.74, 6) is 0.824. The second-order valence-electron chi connectivity index (χ2n) is 6.50. The van der Waals surface area contributed by atoms with E-state index >= 15 is 0 Å². The van der Waals surface area contributed by atoms with Gasteiger partial charge >= 0.3 is 0 Å². The summed E-state index contributed by atoms with van der Waals surface area (Å²) in [6.07, 6.45) is 3.06. The maximum absolute atomic E-state index is 6.27. The smallest absolute Gasteiger partial charge is 0.128 e. The van der Waals surface area contributed by atoms with Crippen molar-refractivity contribution in [3.05, 3.63) is 52.0 Å². The van der Waals surface area contributed by atoms with Crippen molar-refractivity contribution < 1.29 is 4.74 Å². The van der Waals surface area contributed by atoms with E-state index in [4.69, 9.17) is 22.1 Å². The van der Waals surface area contributed by atoms with Crippen molar-refractivity contribution in [2.24, 2.45) is 5.73 Å². The van der Waals surface area contributed by atoms with E-state index in [1.54, 1.807) is 7.11 Å². The van der Waals surface area contributed by atoms with Gasteiger partial charge in [-0.1, -0.05) is 23.7 Å². The summed E-state index contributed by atoms with van der Waals surface area (Å²) in [6.45, 7) is 5.02. The number of methoxy groups -OCH3 is 1. The van der Waals surface area contributed by atoms with E-state index in [1.807, 2.05) is 18.2 Å². The quantitative estimate of drug-likeness (QED) is 0.581. The lowest BCUT2D eigenvalue weighted by Crippen LogP contribution is -1.99. The van der Waals surface area contributed by atoms with Crippen LogP contribution in [0.5, 0.6) is 5.75 Å². The van der Waals surface area contributed by atoms with E-state index < -0.39 is 0 Å². The Bertz CT molecular complexity index is 899. The zero-order valence-electron chi connectivity index (χ0n) is 15.1. The molecule has 3 nitrogen and oxygen atoms in total. The third-order valence-electron chi connectivity index (χ3n) is 4.92. The lowest BCUT2D eigenvalue weighted by atomic mass is 9.98. The molecule has 0 aliphatic heterocycles. The SMILES string of the molecule is COc1ccc(Cl)cc1-c1[nH]c2c(C)c(C)ccc2c1CCCCN. The Morgan fingerprint density at radius 1 is 1.12 bits per heavy atom. The summed E-state index contributed by atoms with van der Waals surface area (Å²) in [7, 11) is 1.69. The number of fused-ring (bicyclic) bond motifs is 1. The normalized spacial score (nSPS) is 11.2. The highest BCUT2D eigenvalue weighted by molar-refractivity contribution is 6.31. The number of hydrogen-bond acceptors (Lipinski definition) is 2. The predicted octanol–water partition coefficient (Wildman–Crippen LogP) is 5.40. The van der Waals surface area contributed by atoms with Gasteiger partial charge in [0.15, 0.2) is 0 Å². The van der Waals surface area contributed by atoms with Gasteiger partial charge in [-0.15, -0.1) is 0 Å². The first kappa shape index (κ1) is 17.8. The Morgan fingerprint density at radius 2 is 1.92 bits per heavy atom. The lowest BCUT2D eigenvalue weighted by molar-refractivity contribution is 0.416. The van der Waals surface area contributed by atoms with Crippen LogP contribution in [-0.4, -0.2) is 18.6 Å². The van der Waals surface area contributed by atoms with Gasteiger partial charge in [-0.25, -0.2) is 0 Å². The van der Waals surface area contributed by atoms with E-state index in [2.05, 4.69) is 31.0 Å². The number of benzene rings is 2. The van der Waals surface area contributed by atoms with Crippen molar-refractivity contribution in [2.45, 2.75) is 33.1 Å². The molecule has 3 aromatic rings. The van der Waals surface area contributed by atoms with Crippen LogP contribution >= 0.6 is 11.6 Å². The van der Waals surface area contributed by atoms with Gasteiger partial charge in [0.1, 0.15) is 5.75 Å². The van der Waals surface area contributed by atoms with E-state index in [0.717, 1.165) is 42.8 Å². The van der Waals surface area contributed by atoms with Crippen LogP contribution in [0.3, 0.4) is 0 Å². The van der Waals surface area contributed by atoms with Crippen molar-refractivity contribution in [2.75, 3.05) is 13.7 Å². The molecule has 3 N–H and O–H groups in total. The molecule has 3 rings (SSSR count). The van der Waals surface area contributed by atoms with E-state index in [0.29, 0.717) is 5.02 Å². The molecule has 1 aromatic heterocycles. The molecule has 0 amide bonds. The number of aromatic amines is 1. The Hall–Kier alpha value is -1.97. The molecule has 0 atom stereocenters. The zero-order chi connectivity index (χ0) is 18.0. The van der Waals surface area contributed by atoms with Crippen molar-refractivity contribution in [1.82, 2.24) is 4.98 Å². The summed E-state index contributed by atoms with van der Waals surface area (Å²) in [4.78, 5) is 3.65. The largest absolute Gasteiger partial charge is 0.496 e. The third kappa shape index (κ3) is 3.39. The minimum Gasteiger partial charge on any atom is -0.496 e. The molecule has 0 saturated carbocycles. The van der Waals surface area contributed by atoms with Crippen LogP contribution in [0.4, 0.5) is 0 Å². The minimum atomic E-state index is 0.704. The van der Waals surface area contributed by atoms with Crippen LogP contribution in [0.25, 0.3) is 22.2 Å². The van der Waals surface area contributed by atoms with Crippen molar-refractivity contribution >= 4 is 22.5 Å². The molecule has 0 unspecified atom stereocenters. The summed E-state index contributed by atoms with van der Waals surface area (Å²) >= 11 is 6.27. The van der Waals surface area contributed by atoms with Gasteiger partial charge in [-0.05, 0) is 74.5 Å². The highest BCUT2D eigenvalue weighted by Gasteiger charge is 2.18. The number of aryl methyl sites for hydroxylation is 3. The lowest BCUT2D eigenvalue weighted by Gasteiger charge is -2.10. The van der Waals surface area contributed by atoms with Gasteiger partial charge in [0.2, 0.25) is 0 Å². The first-order chi connectivity index (χ1) is 12.1. The second kappa shape index (κ2) is 7.51. The molecule has 0 radical (unpaired) electrons. The average Bonchev–Trinajstić information content (AvgIpc) is 2.97. The third-order valence-corrected chi connectivity index (χ3v) is 5.16. The molecule has 0 saturated heterocycles. The fourth-order valence-electron chi connectivity index (χ4n) is 3.37. The van der Waals surface area contributed by atoms with Crippen LogP contribution in [-0.2, 0) is 6.42 Å². The minimum absolute atomic E-state index is 0.704. The second-order valence-corrected chi connectivity index (χ2v) is 6.94. The highest BCUT2D eigenvalue weighted by atomic mass is 35.5. The van der Waals surface area contributed by atoms with Crippen LogP contribution in [0.2, 0.25) is 5.02 Å². The average molecular weight is 357 g/mol. The van der Waals surface area contributed by atoms with Gasteiger partial charge in [-0.2, -0.15) is 0 Å². The molecule has 0 aliphatic carbocycles. The fourth-order valence-corrected chi connectivity index (χ4v) is 3.55. The molecular weight excluding hydrogens is 332 g/mol. The fraction of sp³-hybridized carbons (Fsp3) is 0.333. The predicted molar refractivity (Wildman–Crippen MR) is 107 cm³/mol. The van der Waals surface area contributed by atoms with Gasteiger partial charge in [0.05, 0.1) is 12.8 Å². The molecule has 0 aliphatic rings. The first-order valence-electron chi connectivity index (χ1n) is 8.71. The number of halogens is 1. The van der Waals surface area contributed by atoms with Crippen molar-refractivity contribution in [3.63, 3.8) is 0 Å². The molecule has 2 aromatic carbocycles. The number of rotatable bonds is 6.